The number of nitrogens with one attached hydrogen (secondary N) is 2. The van der Waals surface area contributed by atoms with Crippen LogP contribution in [0.1, 0.15) is 152 Å². The van der Waals surface area contributed by atoms with Gasteiger partial charge in [0.25, 0.3) is 0 Å². The Morgan fingerprint density at radius 2 is 0.892 bits per heavy atom. The molecule has 0 aromatic heterocycles. The van der Waals surface area contributed by atoms with Gasteiger partial charge in [-0.15, -0.1) is 12.4 Å². The fraction of sp³-hybridized carbons (Fsp3) is 0.791. The van der Waals surface area contributed by atoms with Gasteiger partial charge in [0.2, 0.25) is 29.5 Å². The molecule has 0 aliphatic carbocycles. The summed E-state index contributed by atoms with van der Waals surface area (Å²) in [6.45, 7) is 18.2. The molecule has 3 saturated heterocycles. The number of nitrogens with zero attached hydrogens (tertiary/aromatic N) is 3. The topological polar surface area (TPSA) is 302 Å². The summed E-state index contributed by atoms with van der Waals surface area (Å²) in [6.07, 6.45) is 8.35. The summed E-state index contributed by atoms with van der Waals surface area (Å²) in [5.41, 5.74) is 3.70. The van der Waals surface area contributed by atoms with Crippen LogP contribution in [-0.2, 0) is 52.6 Å². The number of hydrogen-bond acceptors (Lipinski definition) is 13. The smallest absolute Gasteiger partial charge is 0.870 e. The molecule has 3 aliphatic rings. The largest absolute Gasteiger partial charge is 1.00 e. The summed E-state index contributed by atoms with van der Waals surface area (Å²) < 4.78 is 9.58. The van der Waals surface area contributed by atoms with Crippen LogP contribution in [0.15, 0.2) is 0 Å². The quantitative estimate of drug-likeness (QED) is 0.0865. The van der Waals surface area contributed by atoms with Crippen molar-refractivity contribution in [2.75, 3.05) is 52.5 Å². The molecule has 0 aromatic carbocycles. The van der Waals surface area contributed by atoms with Crippen molar-refractivity contribution in [2.45, 2.75) is 168 Å². The monoisotopic (exact) mass is 945 g/mol. The minimum Gasteiger partial charge on any atom is -0.870 e. The van der Waals surface area contributed by atoms with E-state index in [9.17, 15) is 43.2 Å². The third-order valence-electron chi connectivity index (χ3n) is 9.42. The first-order valence-corrected chi connectivity index (χ1v) is 21.8. The standard InChI is InChI=1S/C15H26N2O4.C13H22N2O4.C8H13NO3.C7H15NO2.ClH.Li.H2O/c1-4-21-14(20)11-15(2,3)16-12(18)8-10-17-9-6-5-7-13(17)19;1-13(2,9-12(18)19)14-10(16)6-8-15-7-4-3-5-11(15)17;10-7-3-1-2-5-9(7)6-4-8(11)12;1-4-10-6(9)5-7(2,3)8;;;/h4-11H2,1-3H3,(H,16,18);3-9H2,1-2H3,(H,14,16)(H,18,19);1-6H2,(H,11,12);4-5,8H2,1-3H3;1H;;1H2/q;;;;;+1;/p-1. The molecule has 0 aromatic rings. The third-order valence-corrected chi connectivity index (χ3v) is 9.42. The number of amides is 5. The van der Waals surface area contributed by atoms with Crippen LogP contribution in [0.4, 0.5) is 0 Å². The number of carboxylic acid groups (broad SMARTS) is 2. The number of halogens is 1. The Morgan fingerprint density at radius 3 is 1.18 bits per heavy atom. The maximum absolute atomic E-state index is 11.9. The van der Waals surface area contributed by atoms with Gasteiger partial charge in [0.15, 0.2) is 0 Å². The van der Waals surface area contributed by atoms with Gasteiger partial charge >= 0.3 is 42.7 Å². The Bertz CT molecular complexity index is 1490. The van der Waals surface area contributed by atoms with E-state index in [4.69, 9.17) is 25.4 Å². The zero-order valence-electron chi connectivity index (χ0n) is 40.4. The average Bonchev–Trinajstić information content (AvgIpc) is 3.13. The molecule has 22 heteroatoms. The van der Waals surface area contributed by atoms with Gasteiger partial charge in [-0.3, -0.25) is 43.2 Å². The zero-order valence-corrected chi connectivity index (χ0v) is 41.2. The predicted octanol–water partition coefficient (Wildman–Crippen LogP) is 0.395. The summed E-state index contributed by atoms with van der Waals surface area (Å²) in [5.74, 6) is -2.38. The van der Waals surface area contributed by atoms with E-state index in [1.165, 1.54) is 0 Å². The normalized spacial score (nSPS) is 14.9. The fourth-order valence-electron chi connectivity index (χ4n) is 6.50. The van der Waals surface area contributed by atoms with E-state index in [1.807, 2.05) is 0 Å². The van der Waals surface area contributed by atoms with Crippen molar-refractivity contribution in [1.29, 1.82) is 0 Å². The second-order valence-corrected chi connectivity index (χ2v) is 17.5. The number of carbonyl (C=O) groups is 9. The number of nitrogens with two attached hydrogens (primary N) is 1. The molecular weight excluding hydrogens is 867 g/mol. The SMILES string of the molecule is CC(C)(CC(=O)O)NC(=O)CCN1CCCCC1=O.CCOC(=O)CC(C)(C)N.CCOC(=O)CC(C)(C)NC(=O)CCN1CCCCC1=O.Cl.O=C(O)CCN1CCCCC1=O.[Li+].[OH-]. The van der Waals surface area contributed by atoms with Gasteiger partial charge in [-0.1, -0.05) is 0 Å². The van der Waals surface area contributed by atoms with E-state index >= 15 is 0 Å². The third kappa shape index (κ3) is 35.9. The minimum absolute atomic E-state index is 0. The molecule has 3 heterocycles. The number of esters is 2. The van der Waals surface area contributed by atoms with Crippen molar-refractivity contribution in [3.05, 3.63) is 0 Å². The summed E-state index contributed by atoms with van der Waals surface area (Å²) >= 11 is 0. The molecule has 5 amide bonds. The van der Waals surface area contributed by atoms with E-state index in [1.54, 1.807) is 70.1 Å². The molecular formula is C43H78ClLiN6O14. The number of likely N-dealkylation sites (tertiary alicyclic amines) is 3. The van der Waals surface area contributed by atoms with Crippen molar-refractivity contribution in [3.8, 4) is 0 Å². The molecule has 65 heavy (non-hydrogen) atoms. The Morgan fingerprint density at radius 1 is 0.569 bits per heavy atom. The van der Waals surface area contributed by atoms with E-state index in [2.05, 4.69) is 10.6 Å². The second-order valence-electron chi connectivity index (χ2n) is 17.5. The molecule has 0 atom stereocenters. The summed E-state index contributed by atoms with van der Waals surface area (Å²) in [6, 6.07) is 0. The maximum atomic E-state index is 11.9. The van der Waals surface area contributed by atoms with Gasteiger partial charge in [0.1, 0.15) is 0 Å². The van der Waals surface area contributed by atoms with Crippen LogP contribution in [0, 0.1) is 0 Å². The minimum atomic E-state index is -0.948. The van der Waals surface area contributed by atoms with Crippen molar-refractivity contribution in [1.82, 2.24) is 25.3 Å². The number of piperidine rings is 3. The first kappa shape index (κ1) is 67.6. The average molecular weight is 946 g/mol. The number of aliphatic carboxylic acids is 2. The first-order valence-electron chi connectivity index (χ1n) is 21.8. The van der Waals surface area contributed by atoms with Crippen molar-refractivity contribution in [2.24, 2.45) is 5.73 Å². The Hall–Kier alpha value is -3.96. The Labute approximate surface area is 403 Å². The van der Waals surface area contributed by atoms with Crippen LogP contribution in [-0.4, -0.2) is 153 Å². The van der Waals surface area contributed by atoms with Crippen molar-refractivity contribution >= 4 is 65.8 Å². The molecule has 3 aliphatic heterocycles. The van der Waals surface area contributed by atoms with E-state index in [0.717, 1.165) is 51.6 Å². The van der Waals surface area contributed by atoms with E-state index in [-0.39, 0.29) is 117 Å². The van der Waals surface area contributed by atoms with Gasteiger partial charge < -0.3 is 56.2 Å². The zero-order chi connectivity index (χ0) is 47.5. The molecule has 20 nitrogen and oxygen atoms in total. The van der Waals surface area contributed by atoms with Crippen molar-refractivity contribution in [3.63, 3.8) is 0 Å². The summed E-state index contributed by atoms with van der Waals surface area (Å²) in [4.78, 5) is 106. The van der Waals surface area contributed by atoms with E-state index < -0.39 is 28.6 Å². The molecule has 0 unspecified atom stereocenters. The van der Waals surface area contributed by atoms with Crippen LogP contribution in [0.2, 0.25) is 0 Å². The van der Waals surface area contributed by atoms with Crippen LogP contribution >= 0.6 is 12.4 Å². The van der Waals surface area contributed by atoms with Gasteiger partial charge in [-0.2, -0.15) is 0 Å². The van der Waals surface area contributed by atoms with Crippen LogP contribution in [0.25, 0.3) is 0 Å². The number of rotatable bonds is 19. The molecule has 0 saturated carbocycles. The first-order chi connectivity index (χ1) is 28.8. The molecule has 0 spiro atoms. The summed E-state index contributed by atoms with van der Waals surface area (Å²) in [7, 11) is 0. The number of hydrogen-bond donors (Lipinski definition) is 5. The van der Waals surface area contributed by atoms with Gasteiger partial charge in [0.05, 0.1) is 38.9 Å². The summed E-state index contributed by atoms with van der Waals surface area (Å²) in [5, 5.41) is 22.6. The van der Waals surface area contributed by atoms with Gasteiger partial charge in [-0.25, -0.2) is 0 Å². The van der Waals surface area contributed by atoms with Gasteiger partial charge in [0, 0.05) is 88.0 Å². The van der Waals surface area contributed by atoms with Crippen molar-refractivity contribution < 1.29 is 87.2 Å². The molecule has 3 rings (SSSR count). The van der Waals surface area contributed by atoms with Crippen LogP contribution in [0.3, 0.4) is 0 Å². The van der Waals surface area contributed by atoms with Crippen LogP contribution < -0.4 is 35.2 Å². The Balaban J connectivity index is -0.000000391. The molecule has 0 radical (unpaired) electrons. The van der Waals surface area contributed by atoms with Crippen LogP contribution in [0.5, 0.6) is 0 Å². The second kappa shape index (κ2) is 35.3. The molecule has 372 valence electrons. The predicted molar refractivity (Wildman–Crippen MR) is 239 cm³/mol. The maximum Gasteiger partial charge on any atom is 1.00 e. The molecule has 3 fully saturated rings. The fourth-order valence-corrected chi connectivity index (χ4v) is 6.50. The molecule has 0 bridgehead atoms. The number of carbonyl (C=O) groups excluding carboxylic acids is 7. The van der Waals surface area contributed by atoms with E-state index in [0.29, 0.717) is 58.7 Å². The number of carboxylic acids is 2. The molecule has 7 N–H and O–H groups in total. The number of ether oxygens (including phenoxy) is 2. The van der Waals surface area contributed by atoms with Gasteiger partial charge in [-0.05, 0) is 93.9 Å². The Kier molecular flexibility index (Phi) is 36.7.